The number of nitriles is 1. The monoisotopic (exact) mass is 274 g/mol. The van der Waals surface area contributed by atoms with E-state index in [0.717, 1.165) is 15.6 Å². The van der Waals surface area contributed by atoms with E-state index in [-0.39, 0.29) is 6.10 Å². The maximum absolute atomic E-state index is 9.17. The van der Waals surface area contributed by atoms with Crippen LogP contribution in [0.3, 0.4) is 0 Å². The minimum absolute atomic E-state index is 0.0309. The van der Waals surface area contributed by atoms with Crippen LogP contribution in [-0.2, 0) is 6.54 Å². The first-order chi connectivity index (χ1) is 9.13. The van der Waals surface area contributed by atoms with Crippen molar-refractivity contribution in [2.75, 3.05) is 0 Å². The molecule has 98 valence electrons. The van der Waals surface area contributed by atoms with Crippen molar-refractivity contribution in [1.82, 2.24) is 10.2 Å². The highest BCUT2D eigenvalue weighted by Gasteiger charge is 2.11. The van der Waals surface area contributed by atoms with Crippen molar-refractivity contribution in [2.24, 2.45) is 5.73 Å². The second-order valence-electron chi connectivity index (χ2n) is 4.19. The molecule has 0 bridgehead atoms. The van der Waals surface area contributed by atoms with Gasteiger partial charge in [-0.3, -0.25) is 0 Å². The highest BCUT2D eigenvalue weighted by Crippen LogP contribution is 2.28. The summed E-state index contributed by atoms with van der Waals surface area (Å²) in [5.74, 6) is 0.588. The Bertz CT molecular complexity index is 615. The molecule has 0 aliphatic carbocycles. The van der Waals surface area contributed by atoms with Crippen LogP contribution in [0.15, 0.2) is 18.2 Å². The van der Waals surface area contributed by atoms with E-state index in [9.17, 15) is 5.26 Å². The van der Waals surface area contributed by atoms with Crippen molar-refractivity contribution in [3.05, 3.63) is 28.8 Å². The summed E-state index contributed by atoms with van der Waals surface area (Å²) in [4.78, 5) is 0. The molecule has 0 spiro atoms. The number of benzene rings is 1. The predicted octanol–water partition coefficient (Wildman–Crippen LogP) is 2.32. The fourth-order valence-electron chi connectivity index (χ4n) is 1.56. The molecule has 0 fully saturated rings. The summed E-state index contributed by atoms with van der Waals surface area (Å²) in [7, 11) is 0. The van der Waals surface area contributed by atoms with Crippen LogP contribution in [0.4, 0.5) is 0 Å². The van der Waals surface area contributed by atoms with Gasteiger partial charge in [-0.1, -0.05) is 11.3 Å². The van der Waals surface area contributed by atoms with E-state index in [1.807, 2.05) is 19.9 Å². The van der Waals surface area contributed by atoms with E-state index in [2.05, 4.69) is 16.3 Å². The van der Waals surface area contributed by atoms with Gasteiger partial charge in [0.15, 0.2) is 0 Å². The van der Waals surface area contributed by atoms with Crippen LogP contribution in [0.1, 0.15) is 24.4 Å². The minimum atomic E-state index is 0.0309. The van der Waals surface area contributed by atoms with E-state index in [1.165, 1.54) is 11.3 Å². The zero-order valence-electron chi connectivity index (χ0n) is 10.8. The van der Waals surface area contributed by atoms with Crippen LogP contribution in [0, 0.1) is 11.3 Å². The van der Waals surface area contributed by atoms with Crippen molar-refractivity contribution in [2.45, 2.75) is 26.5 Å². The molecule has 5 nitrogen and oxygen atoms in total. The number of nitrogens with two attached hydrogens (primary N) is 1. The smallest absolute Gasteiger partial charge is 0.147 e. The van der Waals surface area contributed by atoms with Gasteiger partial charge in [0, 0.05) is 12.1 Å². The van der Waals surface area contributed by atoms with Crippen molar-refractivity contribution < 1.29 is 4.74 Å². The van der Waals surface area contributed by atoms with Gasteiger partial charge in [-0.2, -0.15) is 5.26 Å². The third-order valence-corrected chi connectivity index (χ3v) is 3.35. The van der Waals surface area contributed by atoms with Crippen LogP contribution in [-0.4, -0.2) is 16.3 Å². The summed E-state index contributed by atoms with van der Waals surface area (Å²) in [6, 6.07) is 7.56. The molecule has 19 heavy (non-hydrogen) atoms. The van der Waals surface area contributed by atoms with Gasteiger partial charge in [0.25, 0.3) is 0 Å². The number of hydrogen-bond donors (Lipinski definition) is 1. The molecule has 0 aliphatic heterocycles. The molecule has 0 radical (unpaired) electrons. The molecule has 0 atom stereocenters. The lowest BCUT2D eigenvalue weighted by Crippen LogP contribution is -2.06. The Morgan fingerprint density at radius 2 is 2.21 bits per heavy atom. The van der Waals surface area contributed by atoms with Gasteiger partial charge in [-0.15, -0.1) is 10.2 Å². The third kappa shape index (κ3) is 3.08. The standard InChI is InChI=1S/C13H14N4OS/c1-8(2)18-11-4-3-9(5-10(11)6-14)13-17-16-12(7-15)19-13/h3-5,8H,7,15H2,1-2H3. The fourth-order valence-corrected chi connectivity index (χ4v) is 2.27. The first-order valence-corrected chi connectivity index (χ1v) is 6.69. The summed E-state index contributed by atoms with van der Waals surface area (Å²) in [6.45, 7) is 4.22. The van der Waals surface area contributed by atoms with Crippen LogP contribution < -0.4 is 10.5 Å². The maximum Gasteiger partial charge on any atom is 0.147 e. The van der Waals surface area contributed by atoms with Gasteiger partial charge in [-0.25, -0.2) is 0 Å². The Morgan fingerprint density at radius 1 is 1.42 bits per heavy atom. The third-order valence-electron chi connectivity index (χ3n) is 2.35. The molecular weight excluding hydrogens is 260 g/mol. The van der Waals surface area contributed by atoms with Gasteiger partial charge >= 0.3 is 0 Å². The summed E-state index contributed by atoms with van der Waals surface area (Å²) in [5.41, 5.74) is 6.86. The summed E-state index contributed by atoms with van der Waals surface area (Å²) in [6.07, 6.45) is 0.0309. The van der Waals surface area contributed by atoms with E-state index >= 15 is 0 Å². The molecular formula is C13H14N4OS. The topological polar surface area (TPSA) is 84.8 Å². The Morgan fingerprint density at radius 3 is 2.79 bits per heavy atom. The first-order valence-electron chi connectivity index (χ1n) is 5.87. The number of rotatable bonds is 4. The largest absolute Gasteiger partial charge is 0.490 e. The normalized spacial score (nSPS) is 10.5. The Hall–Kier alpha value is -1.97. The molecule has 1 heterocycles. The van der Waals surface area contributed by atoms with Gasteiger partial charge in [0.1, 0.15) is 21.8 Å². The average Bonchev–Trinajstić information content (AvgIpc) is 2.87. The molecule has 2 N–H and O–H groups in total. The van der Waals surface area contributed by atoms with E-state index in [1.54, 1.807) is 12.1 Å². The summed E-state index contributed by atoms with van der Waals surface area (Å²) in [5, 5.41) is 18.7. The van der Waals surface area contributed by atoms with Crippen molar-refractivity contribution in [3.8, 4) is 22.4 Å². The Balaban J connectivity index is 2.36. The Kier molecular flexibility index (Phi) is 4.10. The zero-order chi connectivity index (χ0) is 13.8. The predicted molar refractivity (Wildman–Crippen MR) is 73.7 cm³/mol. The quantitative estimate of drug-likeness (QED) is 0.924. The van der Waals surface area contributed by atoms with Gasteiger partial charge in [0.05, 0.1) is 11.7 Å². The summed E-state index contributed by atoms with van der Waals surface area (Å²) < 4.78 is 5.58. The lowest BCUT2D eigenvalue weighted by atomic mass is 10.1. The molecule has 0 amide bonds. The zero-order valence-corrected chi connectivity index (χ0v) is 11.6. The number of hydrogen-bond acceptors (Lipinski definition) is 6. The van der Waals surface area contributed by atoms with E-state index < -0.39 is 0 Å². The average molecular weight is 274 g/mol. The molecule has 0 saturated carbocycles. The van der Waals surface area contributed by atoms with Crippen molar-refractivity contribution >= 4 is 11.3 Å². The van der Waals surface area contributed by atoms with Gasteiger partial charge < -0.3 is 10.5 Å². The van der Waals surface area contributed by atoms with E-state index in [0.29, 0.717) is 17.9 Å². The molecule has 0 aliphatic rings. The fraction of sp³-hybridized carbons (Fsp3) is 0.308. The lowest BCUT2D eigenvalue weighted by Gasteiger charge is -2.11. The summed E-state index contributed by atoms with van der Waals surface area (Å²) >= 11 is 1.43. The minimum Gasteiger partial charge on any atom is -0.490 e. The van der Waals surface area contributed by atoms with Gasteiger partial charge in [-0.05, 0) is 32.0 Å². The SMILES string of the molecule is CC(C)Oc1ccc(-c2nnc(CN)s2)cc1C#N. The van der Waals surface area contributed by atoms with Crippen LogP contribution in [0.5, 0.6) is 5.75 Å². The van der Waals surface area contributed by atoms with Gasteiger partial charge in [0.2, 0.25) is 0 Å². The number of ether oxygens (including phenoxy) is 1. The molecule has 0 unspecified atom stereocenters. The van der Waals surface area contributed by atoms with Crippen LogP contribution in [0.2, 0.25) is 0 Å². The van der Waals surface area contributed by atoms with Crippen molar-refractivity contribution in [3.63, 3.8) is 0 Å². The van der Waals surface area contributed by atoms with Crippen LogP contribution in [0.25, 0.3) is 10.6 Å². The maximum atomic E-state index is 9.17. The second kappa shape index (κ2) is 5.78. The van der Waals surface area contributed by atoms with E-state index in [4.69, 9.17) is 10.5 Å². The molecule has 1 aromatic carbocycles. The number of aromatic nitrogens is 2. The number of nitrogens with zero attached hydrogens (tertiary/aromatic N) is 3. The molecule has 0 saturated heterocycles. The first kappa shape index (κ1) is 13.5. The molecule has 6 heteroatoms. The highest BCUT2D eigenvalue weighted by atomic mass is 32.1. The Labute approximate surface area is 115 Å². The highest BCUT2D eigenvalue weighted by molar-refractivity contribution is 7.14. The lowest BCUT2D eigenvalue weighted by molar-refractivity contribution is 0.242. The molecule has 2 rings (SSSR count). The van der Waals surface area contributed by atoms with Crippen molar-refractivity contribution in [1.29, 1.82) is 5.26 Å². The molecule has 1 aromatic heterocycles. The van der Waals surface area contributed by atoms with Crippen LogP contribution >= 0.6 is 11.3 Å². The second-order valence-corrected chi connectivity index (χ2v) is 5.26. The molecule has 2 aromatic rings.